The van der Waals surface area contributed by atoms with Crippen molar-refractivity contribution in [1.29, 1.82) is 0 Å². The lowest BCUT2D eigenvalue weighted by Gasteiger charge is -2.29. The molecule has 78 valence electrons. The predicted octanol–water partition coefficient (Wildman–Crippen LogP) is 0.796. The predicted molar refractivity (Wildman–Crippen MR) is 53.8 cm³/mol. The van der Waals surface area contributed by atoms with Gasteiger partial charge in [-0.2, -0.15) is 0 Å². The second kappa shape index (κ2) is 3.23. The number of rotatable bonds is 2. The van der Waals surface area contributed by atoms with Gasteiger partial charge in [-0.25, -0.2) is 0 Å². The van der Waals surface area contributed by atoms with Gasteiger partial charge >= 0.3 is 0 Å². The van der Waals surface area contributed by atoms with Gasteiger partial charge in [-0.05, 0) is 38.5 Å². The zero-order valence-corrected chi connectivity index (χ0v) is 8.46. The molecule has 3 nitrogen and oxygen atoms in total. The third kappa shape index (κ3) is 1.34. The summed E-state index contributed by atoms with van der Waals surface area (Å²) in [7, 11) is 0. The van der Waals surface area contributed by atoms with Crippen molar-refractivity contribution in [2.75, 3.05) is 0 Å². The average molecular weight is 194 g/mol. The number of nitrogens with one attached hydrogen (secondary N) is 2. The van der Waals surface area contributed by atoms with Crippen molar-refractivity contribution >= 4 is 5.91 Å². The van der Waals surface area contributed by atoms with Crippen LogP contribution in [-0.2, 0) is 4.79 Å². The van der Waals surface area contributed by atoms with Gasteiger partial charge in [0.05, 0.1) is 5.92 Å². The Morgan fingerprint density at radius 1 is 1.21 bits per heavy atom. The van der Waals surface area contributed by atoms with Crippen LogP contribution in [-0.4, -0.2) is 24.0 Å². The molecule has 3 aliphatic rings. The van der Waals surface area contributed by atoms with Gasteiger partial charge < -0.3 is 10.6 Å². The fourth-order valence-electron chi connectivity index (χ4n) is 2.97. The van der Waals surface area contributed by atoms with E-state index in [0.717, 1.165) is 6.42 Å². The third-order valence-corrected chi connectivity index (χ3v) is 4.09. The lowest BCUT2D eigenvalue weighted by molar-refractivity contribution is -0.126. The van der Waals surface area contributed by atoms with Crippen LogP contribution in [0.5, 0.6) is 0 Å². The summed E-state index contributed by atoms with van der Waals surface area (Å²) in [5.74, 6) is 0.587. The molecule has 1 aliphatic carbocycles. The van der Waals surface area contributed by atoms with Crippen molar-refractivity contribution in [2.45, 2.75) is 56.7 Å². The molecule has 0 aromatic carbocycles. The normalized spacial score (nSPS) is 41.0. The van der Waals surface area contributed by atoms with Crippen molar-refractivity contribution in [3.63, 3.8) is 0 Å². The number of fused-ring (bicyclic) bond motifs is 2. The van der Waals surface area contributed by atoms with E-state index in [9.17, 15) is 4.79 Å². The van der Waals surface area contributed by atoms with Crippen molar-refractivity contribution < 1.29 is 4.79 Å². The van der Waals surface area contributed by atoms with E-state index in [0.29, 0.717) is 24.0 Å². The molecule has 3 unspecified atom stereocenters. The highest BCUT2D eigenvalue weighted by molar-refractivity contribution is 5.80. The second-order valence-corrected chi connectivity index (χ2v) is 5.03. The topological polar surface area (TPSA) is 41.1 Å². The van der Waals surface area contributed by atoms with Gasteiger partial charge in [0.2, 0.25) is 5.91 Å². The molecule has 0 radical (unpaired) electrons. The van der Waals surface area contributed by atoms with E-state index in [2.05, 4.69) is 10.6 Å². The first-order valence-electron chi connectivity index (χ1n) is 5.89. The molecular weight excluding hydrogens is 176 g/mol. The summed E-state index contributed by atoms with van der Waals surface area (Å²) in [6.45, 7) is 0. The molecule has 2 bridgehead atoms. The first kappa shape index (κ1) is 8.72. The third-order valence-electron chi connectivity index (χ3n) is 4.09. The maximum absolute atomic E-state index is 11.9. The van der Waals surface area contributed by atoms with Gasteiger partial charge in [0.1, 0.15) is 0 Å². The highest BCUT2D eigenvalue weighted by Crippen LogP contribution is 2.33. The molecule has 1 saturated carbocycles. The van der Waals surface area contributed by atoms with E-state index in [1.807, 2.05) is 0 Å². The van der Waals surface area contributed by atoms with Crippen LogP contribution in [0.1, 0.15) is 38.5 Å². The smallest absolute Gasteiger partial charge is 0.224 e. The maximum atomic E-state index is 11.9. The monoisotopic (exact) mass is 194 g/mol. The number of hydrogen-bond acceptors (Lipinski definition) is 2. The first-order chi connectivity index (χ1) is 6.83. The molecule has 1 amide bonds. The highest BCUT2D eigenvalue weighted by Gasteiger charge is 2.43. The quantitative estimate of drug-likeness (QED) is 0.682. The van der Waals surface area contributed by atoms with E-state index >= 15 is 0 Å². The zero-order chi connectivity index (χ0) is 9.54. The van der Waals surface area contributed by atoms with Crippen LogP contribution in [0.3, 0.4) is 0 Å². The van der Waals surface area contributed by atoms with E-state index in [1.54, 1.807) is 0 Å². The molecule has 2 saturated heterocycles. The Hall–Kier alpha value is -0.570. The van der Waals surface area contributed by atoms with Crippen LogP contribution in [0.4, 0.5) is 0 Å². The Kier molecular flexibility index (Phi) is 2.01. The molecule has 3 heteroatoms. The minimum atomic E-state index is 0.273. The molecule has 3 atom stereocenters. The summed E-state index contributed by atoms with van der Waals surface area (Å²) in [6.07, 6.45) is 7.23. The lowest BCUT2D eigenvalue weighted by atomic mass is 9.87. The summed E-state index contributed by atoms with van der Waals surface area (Å²) in [4.78, 5) is 11.9. The van der Waals surface area contributed by atoms with Gasteiger partial charge in [-0.15, -0.1) is 0 Å². The molecular formula is C11H18N2O. The molecule has 2 N–H and O–H groups in total. The molecule has 3 fully saturated rings. The number of carbonyl (C=O) groups excluding carboxylic acids is 1. The first-order valence-corrected chi connectivity index (χ1v) is 5.89. The van der Waals surface area contributed by atoms with Crippen LogP contribution >= 0.6 is 0 Å². The Balaban J connectivity index is 1.57. The van der Waals surface area contributed by atoms with Gasteiger partial charge in [-0.3, -0.25) is 4.79 Å². The van der Waals surface area contributed by atoms with E-state index in [1.165, 1.54) is 32.1 Å². The molecule has 0 aromatic heterocycles. The summed E-state index contributed by atoms with van der Waals surface area (Å²) >= 11 is 0. The molecule has 14 heavy (non-hydrogen) atoms. The van der Waals surface area contributed by atoms with Crippen LogP contribution in [0, 0.1) is 5.92 Å². The largest absolute Gasteiger partial charge is 0.353 e. The fourth-order valence-corrected chi connectivity index (χ4v) is 2.97. The van der Waals surface area contributed by atoms with Crippen molar-refractivity contribution in [3.05, 3.63) is 0 Å². The molecule has 0 aromatic rings. The van der Waals surface area contributed by atoms with Crippen LogP contribution < -0.4 is 10.6 Å². The molecule has 0 spiro atoms. The zero-order valence-electron chi connectivity index (χ0n) is 8.46. The van der Waals surface area contributed by atoms with E-state index in [4.69, 9.17) is 0 Å². The van der Waals surface area contributed by atoms with Crippen molar-refractivity contribution in [2.24, 2.45) is 5.92 Å². The van der Waals surface area contributed by atoms with Gasteiger partial charge in [0.25, 0.3) is 0 Å². The van der Waals surface area contributed by atoms with Crippen LogP contribution in [0.25, 0.3) is 0 Å². The summed E-state index contributed by atoms with van der Waals surface area (Å²) in [5.41, 5.74) is 0. The summed E-state index contributed by atoms with van der Waals surface area (Å²) in [6, 6.07) is 1.62. The lowest BCUT2D eigenvalue weighted by Crippen LogP contribution is -2.45. The number of carbonyl (C=O) groups is 1. The SMILES string of the molecule is O=C(NC1CCC1)C1CC2CCC1N2. The van der Waals surface area contributed by atoms with Gasteiger partial charge in [0.15, 0.2) is 0 Å². The molecule has 2 aliphatic heterocycles. The van der Waals surface area contributed by atoms with Crippen LogP contribution in [0.15, 0.2) is 0 Å². The minimum Gasteiger partial charge on any atom is -0.353 e. The fraction of sp³-hybridized carbons (Fsp3) is 0.909. The summed E-state index contributed by atoms with van der Waals surface area (Å²) < 4.78 is 0. The Morgan fingerprint density at radius 2 is 2.07 bits per heavy atom. The van der Waals surface area contributed by atoms with E-state index in [-0.39, 0.29) is 5.92 Å². The minimum absolute atomic E-state index is 0.273. The molecule has 3 rings (SSSR count). The Labute approximate surface area is 84.6 Å². The van der Waals surface area contributed by atoms with E-state index < -0.39 is 0 Å². The Bertz CT molecular complexity index is 250. The highest BCUT2D eigenvalue weighted by atomic mass is 16.2. The van der Waals surface area contributed by atoms with Crippen molar-refractivity contribution in [1.82, 2.24) is 10.6 Å². The standard InChI is InChI=1S/C11H18N2O/c14-11(13-7-2-1-3-7)9-6-8-4-5-10(9)12-8/h7-10,12H,1-6H2,(H,13,14). The van der Waals surface area contributed by atoms with Crippen LogP contribution in [0.2, 0.25) is 0 Å². The number of hydrogen-bond donors (Lipinski definition) is 2. The number of amides is 1. The van der Waals surface area contributed by atoms with Gasteiger partial charge in [-0.1, -0.05) is 0 Å². The maximum Gasteiger partial charge on any atom is 0.224 e. The van der Waals surface area contributed by atoms with Crippen molar-refractivity contribution in [3.8, 4) is 0 Å². The summed E-state index contributed by atoms with van der Waals surface area (Å²) in [5, 5.41) is 6.67. The molecule has 2 heterocycles. The second-order valence-electron chi connectivity index (χ2n) is 5.03. The average Bonchev–Trinajstić information content (AvgIpc) is 2.71. The van der Waals surface area contributed by atoms with Gasteiger partial charge in [0, 0.05) is 18.1 Å². The Morgan fingerprint density at radius 3 is 2.57 bits per heavy atom.